The second-order valence-electron chi connectivity index (χ2n) is 5.04. The number of anilines is 1. The van der Waals surface area contributed by atoms with Crippen molar-refractivity contribution < 1.29 is 4.74 Å². The Hall–Kier alpha value is -1.44. The van der Waals surface area contributed by atoms with Gasteiger partial charge in [0, 0.05) is 11.3 Å². The zero-order valence-electron chi connectivity index (χ0n) is 10.6. The Morgan fingerprint density at radius 2 is 1.88 bits per heavy atom. The lowest BCUT2D eigenvalue weighted by atomic mass is 9.90. The van der Waals surface area contributed by atoms with Crippen molar-refractivity contribution in [2.45, 2.75) is 33.2 Å². The van der Waals surface area contributed by atoms with Crippen molar-refractivity contribution in [2.24, 2.45) is 0 Å². The molecule has 0 amide bonds. The highest BCUT2D eigenvalue weighted by atomic mass is 16.5. The lowest BCUT2D eigenvalue weighted by Crippen LogP contribution is -2.31. The van der Waals surface area contributed by atoms with Crippen LogP contribution in [0.2, 0.25) is 0 Å². The number of ether oxygens (including phenoxy) is 1. The number of fused-ring (bicyclic) bond motifs is 1. The van der Waals surface area contributed by atoms with Gasteiger partial charge < -0.3 is 10.1 Å². The molecule has 0 saturated carbocycles. The van der Waals surface area contributed by atoms with Crippen molar-refractivity contribution in [1.29, 1.82) is 0 Å². The molecule has 2 nitrogen and oxygen atoms in total. The topological polar surface area (TPSA) is 21.3 Å². The molecule has 1 aliphatic heterocycles. The maximum atomic E-state index is 5.36. The number of hydrogen-bond acceptors (Lipinski definition) is 2. The van der Waals surface area contributed by atoms with E-state index in [1.165, 1.54) is 22.4 Å². The van der Waals surface area contributed by atoms with E-state index in [1.54, 1.807) is 7.11 Å². The normalized spacial score (nSPS) is 17.2. The summed E-state index contributed by atoms with van der Waals surface area (Å²) in [6.07, 6.45) is 2.25. The summed E-state index contributed by atoms with van der Waals surface area (Å²) in [7, 11) is 1.72. The highest BCUT2D eigenvalue weighted by Crippen LogP contribution is 2.37. The smallest absolute Gasteiger partial charge is 0.122 e. The van der Waals surface area contributed by atoms with E-state index in [2.05, 4.69) is 51.2 Å². The van der Waals surface area contributed by atoms with Crippen molar-refractivity contribution in [3.63, 3.8) is 0 Å². The molecule has 86 valence electrons. The molecule has 0 radical (unpaired) electrons. The van der Waals surface area contributed by atoms with Gasteiger partial charge in [-0.15, -0.1) is 0 Å². The van der Waals surface area contributed by atoms with Gasteiger partial charge in [-0.25, -0.2) is 0 Å². The van der Waals surface area contributed by atoms with Crippen LogP contribution in [-0.4, -0.2) is 12.6 Å². The third kappa shape index (κ3) is 1.80. The molecule has 1 aliphatic rings. The fourth-order valence-electron chi connectivity index (χ4n) is 2.34. The number of methoxy groups -OCH3 is 1. The van der Waals surface area contributed by atoms with Gasteiger partial charge in [0.05, 0.1) is 12.6 Å². The lowest BCUT2D eigenvalue weighted by Gasteiger charge is -2.32. The second-order valence-corrected chi connectivity index (χ2v) is 5.04. The van der Waals surface area contributed by atoms with Gasteiger partial charge in [-0.1, -0.05) is 6.08 Å². The van der Waals surface area contributed by atoms with Gasteiger partial charge in [-0.05, 0) is 51.0 Å². The molecule has 0 saturated heterocycles. The van der Waals surface area contributed by atoms with E-state index in [-0.39, 0.29) is 5.54 Å². The minimum absolute atomic E-state index is 0.0259. The average molecular weight is 217 g/mol. The van der Waals surface area contributed by atoms with Gasteiger partial charge in [0.1, 0.15) is 5.75 Å². The third-order valence-corrected chi connectivity index (χ3v) is 2.99. The summed E-state index contributed by atoms with van der Waals surface area (Å²) < 4.78 is 5.36. The number of benzene rings is 1. The number of allylic oxidation sites excluding steroid dienone is 1. The first-order chi connectivity index (χ1) is 7.43. The van der Waals surface area contributed by atoms with E-state index in [1.807, 2.05) is 0 Å². The molecule has 0 atom stereocenters. The fourth-order valence-corrected chi connectivity index (χ4v) is 2.34. The number of aryl methyl sites for hydroxylation is 1. The number of hydrogen-bond donors (Lipinski definition) is 1. The van der Waals surface area contributed by atoms with Gasteiger partial charge in [-0.2, -0.15) is 0 Å². The van der Waals surface area contributed by atoms with E-state index in [0.717, 1.165) is 5.75 Å². The van der Waals surface area contributed by atoms with Crippen LogP contribution in [0.3, 0.4) is 0 Å². The van der Waals surface area contributed by atoms with E-state index >= 15 is 0 Å². The zero-order valence-corrected chi connectivity index (χ0v) is 10.6. The van der Waals surface area contributed by atoms with Crippen molar-refractivity contribution in [3.8, 4) is 5.75 Å². The Bertz CT molecular complexity index is 458. The summed E-state index contributed by atoms with van der Waals surface area (Å²) in [6, 6.07) is 4.27. The molecule has 2 heteroatoms. The molecule has 1 N–H and O–H groups in total. The van der Waals surface area contributed by atoms with Crippen LogP contribution in [-0.2, 0) is 0 Å². The first kappa shape index (κ1) is 11.1. The first-order valence-corrected chi connectivity index (χ1v) is 5.59. The van der Waals surface area contributed by atoms with Crippen LogP contribution >= 0.6 is 0 Å². The Balaban J connectivity index is 2.58. The second kappa shape index (κ2) is 3.55. The minimum Gasteiger partial charge on any atom is -0.496 e. The van der Waals surface area contributed by atoms with Crippen molar-refractivity contribution in [2.75, 3.05) is 12.4 Å². The van der Waals surface area contributed by atoms with E-state index in [4.69, 9.17) is 4.74 Å². The van der Waals surface area contributed by atoms with Gasteiger partial charge in [0.15, 0.2) is 0 Å². The van der Waals surface area contributed by atoms with Crippen LogP contribution in [0.1, 0.15) is 31.9 Å². The summed E-state index contributed by atoms with van der Waals surface area (Å²) in [6.45, 7) is 8.58. The lowest BCUT2D eigenvalue weighted by molar-refractivity contribution is 0.411. The standard InChI is InChI=1S/C14H19NO/c1-9-6-12-11(7-13(9)16-5)10(2)8-14(3,4)15-12/h6-8,15H,1-5H3. The summed E-state index contributed by atoms with van der Waals surface area (Å²) in [5.74, 6) is 0.952. The summed E-state index contributed by atoms with van der Waals surface area (Å²) in [4.78, 5) is 0. The van der Waals surface area contributed by atoms with Crippen LogP contribution in [0.25, 0.3) is 5.57 Å². The molecule has 0 bridgehead atoms. The van der Waals surface area contributed by atoms with Gasteiger partial charge >= 0.3 is 0 Å². The molecule has 1 heterocycles. The van der Waals surface area contributed by atoms with Gasteiger partial charge in [0.25, 0.3) is 0 Å². The monoisotopic (exact) mass is 217 g/mol. The molecule has 2 rings (SSSR count). The molecule has 1 aromatic carbocycles. The van der Waals surface area contributed by atoms with Gasteiger partial charge in [-0.3, -0.25) is 0 Å². The van der Waals surface area contributed by atoms with Crippen LogP contribution in [0, 0.1) is 6.92 Å². The van der Waals surface area contributed by atoms with E-state index in [9.17, 15) is 0 Å². The fraction of sp³-hybridized carbons (Fsp3) is 0.429. The Labute approximate surface area is 97.3 Å². The summed E-state index contributed by atoms with van der Waals surface area (Å²) >= 11 is 0. The Morgan fingerprint density at radius 1 is 1.19 bits per heavy atom. The molecular weight excluding hydrogens is 198 g/mol. The predicted molar refractivity (Wildman–Crippen MR) is 69.1 cm³/mol. The number of nitrogens with one attached hydrogen (secondary N) is 1. The Kier molecular flexibility index (Phi) is 2.45. The third-order valence-electron chi connectivity index (χ3n) is 2.99. The maximum Gasteiger partial charge on any atom is 0.122 e. The SMILES string of the molecule is COc1cc2c(cc1C)NC(C)(C)C=C2C. The molecule has 0 spiro atoms. The zero-order chi connectivity index (χ0) is 11.9. The molecule has 0 unspecified atom stereocenters. The van der Waals surface area contributed by atoms with E-state index < -0.39 is 0 Å². The Morgan fingerprint density at radius 3 is 2.50 bits per heavy atom. The maximum absolute atomic E-state index is 5.36. The van der Waals surface area contributed by atoms with Crippen LogP contribution in [0.15, 0.2) is 18.2 Å². The molecule has 0 aromatic heterocycles. The predicted octanol–water partition coefficient (Wildman–Crippen LogP) is 3.61. The van der Waals surface area contributed by atoms with Crippen LogP contribution < -0.4 is 10.1 Å². The highest BCUT2D eigenvalue weighted by Gasteiger charge is 2.23. The van der Waals surface area contributed by atoms with E-state index in [0.29, 0.717) is 0 Å². The van der Waals surface area contributed by atoms with Crippen LogP contribution in [0.4, 0.5) is 5.69 Å². The number of rotatable bonds is 1. The average Bonchev–Trinajstić information content (AvgIpc) is 2.14. The van der Waals surface area contributed by atoms with Gasteiger partial charge in [0.2, 0.25) is 0 Å². The molecule has 0 aliphatic carbocycles. The summed E-state index contributed by atoms with van der Waals surface area (Å²) in [5, 5.41) is 3.53. The molecular formula is C14H19NO. The minimum atomic E-state index is 0.0259. The van der Waals surface area contributed by atoms with Crippen molar-refractivity contribution in [3.05, 3.63) is 29.3 Å². The largest absolute Gasteiger partial charge is 0.496 e. The first-order valence-electron chi connectivity index (χ1n) is 5.59. The molecule has 1 aromatic rings. The summed E-state index contributed by atoms with van der Waals surface area (Å²) in [5.41, 5.74) is 4.93. The highest BCUT2D eigenvalue weighted by molar-refractivity contribution is 5.81. The van der Waals surface area contributed by atoms with Crippen molar-refractivity contribution in [1.82, 2.24) is 0 Å². The molecule has 16 heavy (non-hydrogen) atoms. The molecule has 0 fully saturated rings. The quantitative estimate of drug-likeness (QED) is 0.776. The van der Waals surface area contributed by atoms with Crippen molar-refractivity contribution >= 4 is 11.3 Å². The van der Waals surface area contributed by atoms with Crippen LogP contribution in [0.5, 0.6) is 5.75 Å².